The summed E-state index contributed by atoms with van der Waals surface area (Å²) in [6.45, 7) is 0. The average Bonchev–Trinajstić information content (AvgIpc) is 2.55. The number of ether oxygens (including phenoxy) is 2. The number of methoxy groups -OCH3 is 2. The van der Waals surface area contributed by atoms with Crippen LogP contribution in [0.1, 0.15) is 29.6 Å². The van der Waals surface area contributed by atoms with Crippen molar-refractivity contribution >= 4 is 12.1 Å². The van der Waals surface area contributed by atoms with Crippen LogP contribution in [0.3, 0.4) is 0 Å². The largest absolute Gasteiger partial charge is 0.493 e. The van der Waals surface area contributed by atoms with Crippen molar-refractivity contribution in [3.8, 4) is 11.5 Å². The van der Waals surface area contributed by atoms with Crippen molar-refractivity contribution in [1.82, 2.24) is 5.43 Å². The number of amides is 1. The van der Waals surface area contributed by atoms with Gasteiger partial charge in [-0.3, -0.25) is 4.79 Å². The number of carbonyl (C=O) groups excluding carboxylic acids is 1. The van der Waals surface area contributed by atoms with Crippen LogP contribution in [0.25, 0.3) is 0 Å². The summed E-state index contributed by atoms with van der Waals surface area (Å²) < 4.78 is 10.3. The van der Waals surface area contributed by atoms with Crippen LogP contribution in [0.15, 0.2) is 35.5 Å². The number of allylic oxidation sites excluding steroid dienone is 2. The Labute approximate surface area is 124 Å². The van der Waals surface area contributed by atoms with Gasteiger partial charge in [-0.2, -0.15) is 5.10 Å². The number of hydrogen-bond acceptors (Lipinski definition) is 4. The fourth-order valence-corrected chi connectivity index (χ4v) is 2.20. The van der Waals surface area contributed by atoms with Gasteiger partial charge in [-0.05, 0) is 43.4 Å². The van der Waals surface area contributed by atoms with Gasteiger partial charge in [-0.25, -0.2) is 5.43 Å². The predicted molar refractivity (Wildman–Crippen MR) is 82.0 cm³/mol. The first kappa shape index (κ1) is 15.1. The predicted octanol–water partition coefficient (Wildman–Crippen LogP) is 2.78. The molecule has 0 saturated carbocycles. The summed E-state index contributed by atoms with van der Waals surface area (Å²) in [7, 11) is 3.09. The molecular formula is C16H20N2O3. The maximum absolute atomic E-state index is 12.0. The molecule has 0 radical (unpaired) electrons. The second-order valence-corrected chi connectivity index (χ2v) is 4.83. The van der Waals surface area contributed by atoms with E-state index in [9.17, 15) is 4.79 Å². The molecule has 0 fully saturated rings. The van der Waals surface area contributed by atoms with Crippen molar-refractivity contribution in [3.63, 3.8) is 0 Å². The van der Waals surface area contributed by atoms with Gasteiger partial charge < -0.3 is 9.47 Å². The van der Waals surface area contributed by atoms with Crippen LogP contribution in [0, 0.1) is 5.92 Å². The van der Waals surface area contributed by atoms with Gasteiger partial charge in [0.25, 0.3) is 5.91 Å². The topological polar surface area (TPSA) is 59.9 Å². The molecule has 1 aromatic rings. The number of nitrogens with zero attached hydrogens (tertiary/aromatic N) is 1. The Kier molecular flexibility index (Phi) is 5.37. The van der Waals surface area contributed by atoms with E-state index in [1.807, 2.05) is 6.21 Å². The number of benzene rings is 1. The van der Waals surface area contributed by atoms with Crippen LogP contribution in [0.2, 0.25) is 0 Å². The molecule has 21 heavy (non-hydrogen) atoms. The number of rotatable bonds is 5. The number of carbonyl (C=O) groups is 1. The lowest BCUT2D eigenvalue weighted by Crippen LogP contribution is -2.19. The molecule has 112 valence electrons. The van der Waals surface area contributed by atoms with Crippen LogP contribution >= 0.6 is 0 Å². The first-order valence-corrected chi connectivity index (χ1v) is 6.95. The lowest BCUT2D eigenvalue weighted by Gasteiger charge is -2.12. The van der Waals surface area contributed by atoms with Crippen molar-refractivity contribution in [2.75, 3.05) is 14.2 Å². The van der Waals surface area contributed by atoms with Crippen molar-refractivity contribution in [2.24, 2.45) is 11.0 Å². The molecule has 5 heteroatoms. The summed E-state index contributed by atoms with van der Waals surface area (Å²) in [5.74, 6) is 1.25. The third-order valence-electron chi connectivity index (χ3n) is 3.41. The van der Waals surface area contributed by atoms with Gasteiger partial charge in [0.05, 0.1) is 14.2 Å². The quantitative estimate of drug-likeness (QED) is 0.515. The average molecular weight is 288 g/mol. The lowest BCUT2D eigenvalue weighted by molar-refractivity contribution is 0.0954. The smallest absolute Gasteiger partial charge is 0.271 e. The zero-order valence-corrected chi connectivity index (χ0v) is 12.3. The normalized spacial score (nSPS) is 17.7. The fraction of sp³-hybridized carbons (Fsp3) is 0.375. The highest BCUT2D eigenvalue weighted by Crippen LogP contribution is 2.27. The highest BCUT2D eigenvalue weighted by molar-refractivity contribution is 5.95. The Morgan fingerprint density at radius 1 is 1.29 bits per heavy atom. The van der Waals surface area contributed by atoms with Crippen molar-refractivity contribution in [3.05, 3.63) is 35.9 Å². The van der Waals surface area contributed by atoms with Crippen LogP contribution in [-0.4, -0.2) is 26.3 Å². The molecule has 0 heterocycles. The molecule has 1 aliphatic rings. The monoisotopic (exact) mass is 288 g/mol. The van der Waals surface area contributed by atoms with E-state index in [0.717, 1.165) is 19.3 Å². The van der Waals surface area contributed by atoms with Crippen LogP contribution in [0.5, 0.6) is 11.5 Å². The Bertz CT molecular complexity index is 552. The Hall–Kier alpha value is -2.30. The molecule has 1 aliphatic carbocycles. The molecule has 1 N–H and O–H groups in total. The van der Waals surface area contributed by atoms with E-state index in [4.69, 9.17) is 9.47 Å². The summed E-state index contributed by atoms with van der Waals surface area (Å²) in [5, 5.41) is 4.04. The Morgan fingerprint density at radius 3 is 2.76 bits per heavy atom. The summed E-state index contributed by atoms with van der Waals surface area (Å²) >= 11 is 0. The van der Waals surface area contributed by atoms with E-state index in [1.54, 1.807) is 25.3 Å². The number of nitrogens with one attached hydrogen (secondary N) is 1. The molecule has 0 unspecified atom stereocenters. The lowest BCUT2D eigenvalue weighted by atomic mass is 9.96. The third-order valence-corrected chi connectivity index (χ3v) is 3.41. The maximum Gasteiger partial charge on any atom is 0.271 e. The minimum absolute atomic E-state index is 0.265. The van der Waals surface area contributed by atoms with Crippen LogP contribution in [0.4, 0.5) is 0 Å². The molecule has 0 bridgehead atoms. The van der Waals surface area contributed by atoms with Crippen LogP contribution < -0.4 is 14.9 Å². The third kappa shape index (κ3) is 4.08. The minimum atomic E-state index is -0.265. The second kappa shape index (κ2) is 7.47. The van der Waals surface area contributed by atoms with Gasteiger partial charge in [0.15, 0.2) is 11.5 Å². The van der Waals surface area contributed by atoms with E-state index in [2.05, 4.69) is 22.7 Å². The summed E-state index contributed by atoms with van der Waals surface area (Å²) in [6, 6.07) is 5.01. The van der Waals surface area contributed by atoms with Crippen LogP contribution in [-0.2, 0) is 0 Å². The molecule has 1 atom stereocenters. The molecule has 1 amide bonds. The zero-order valence-electron chi connectivity index (χ0n) is 12.3. The molecule has 5 nitrogen and oxygen atoms in total. The molecule has 0 spiro atoms. The van der Waals surface area contributed by atoms with Gasteiger partial charge >= 0.3 is 0 Å². The van der Waals surface area contributed by atoms with Gasteiger partial charge in [0, 0.05) is 11.8 Å². The maximum atomic E-state index is 12.0. The van der Waals surface area contributed by atoms with E-state index in [1.165, 1.54) is 7.11 Å². The summed E-state index contributed by atoms with van der Waals surface area (Å²) in [6.07, 6.45) is 9.26. The molecule has 1 aromatic carbocycles. The molecule has 0 aliphatic heterocycles. The molecule has 2 rings (SSSR count). The summed E-state index contributed by atoms with van der Waals surface area (Å²) in [4.78, 5) is 12.0. The molecule has 0 aromatic heterocycles. The standard InChI is InChI=1S/C16H20N2O3/c1-20-14-9-8-13(10-15(14)21-2)16(19)18-17-11-12-6-4-3-5-7-12/h3-4,8-12H,5-7H2,1-2H3,(H,18,19)/b17-11-/t12-/m1/s1. The highest BCUT2D eigenvalue weighted by Gasteiger charge is 2.10. The Morgan fingerprint density at radius 2 is 2.10 bits per heavy atom. The first-order valence-electron chi connectivity index (χ1n) is 6.95. The van der Waals surface area contributed by atoms with E-state index >= 15 is 0 Å². The molecular weight excluding hydrogens is 268 g/mol. The van der Waals surface area contributed by atoms with Crippen molar-refractivity contribution in [2.45, 2.75) is 19.3 Å². The first-order chi connectivity index (χ1) is 10.2. The minimum Gasteiger partial charge on any atom is -0.493 e. The van der Waals surface area contributed by atoms with Crippen molar-refractivity contribution < 1.29 is 14.3 Å². The second-order valence-electron chi connectivity index (χ2n) is 4.83. The highest BCUT2D eigenvalue weighted by atomic mass is 16.5. The SMILES string of the molecule is COc1ccc(C(=O)N/N=C\[C@@H]2CC=CCC2)cc1OC. The van der Waals surface area contributed by atoms with Gasteiger partial charge in [0.1, 0.15) is 0 Å². The van der Waals surface area contributed by atoms with Gasteiger partial charge in [-0.15, -0.1) is 0 Å². The zero-order chi connectivity index (χ0) is 15.1. The summed E-state index contributed by atoms with van der Waals surface area (Å²) in [5.41, 5.74) is 3.03. The van der Waals surface area contributed by atoms with E-state index in [-0.39, 0.29) is 5.91 Å². The van der Waals surface area contributed by atoms with E-state index < -0.39 is 0 Å². The van der Waals surface area contributed by atoms with Gasteiger partial charge in [-0.1, -0.05) is 12.2 Å². The number of hydrazone groups is 1. The fourth-order valence-electron chi connectivity index (χ4n) is 2.20. The van der Waals surface area contributed by atoms with Gasteiger partial charge in [0.2, 0.25) is 0 Å². The van der Waals surface area contributed by atoms with E-state index in [0.29, 0.717) is 23.0 Å². The number of hydrogen-bond donors (Lipinski definition) is 1. The Balaban J connectivity index is 1.96. The van der Waals surface area contributed by atoms with Crippen molar-refractivity contribution in [1.29, 1.82) is 0 Å². The molecule has 0 saturated heterocycles.